The molecular weight excluding hydrogens is 851 g/mol. The third kappa shape index (κ3) is 7.75. The Bertz CT molecular complexity index is 2290. The van der Waals surface area contributed by atoms with E-state index in [2.05, 4.69) is 195 Å². The fraction of sp³-hybridized carbons (Fsp3) is 0.130. The first-order valence-electron chi connectivity index (χ1n) is 17.7. The predicted octanol–water partition coefficient (Wildman–Crippen LogP) is 11.7. The van der Waals surface area contributed by atoms with Gasteiger partial charge in [0, 0.05) is 75.3 Å². The van der Waals surface area contributed by atoms with Crippen molar-refractivity contribution < 1.29 is 18.6 Å². The van der Waals surface area contributed by atoms with Crippen LogP contribution in [0.2, 0.25) is 10.9 Å². The van der Waals surface area contributed by atoms with Crippen LogP contribution in [0, 0.1) is 0 Å². The number of aromatic nitrogens is 2. The Morgan fingerprint density at radius 3 is 1.18 bits per heavy atom. The molecular formula is C46H43BBiN2V. The molecule has 2 nitrogen and oxygen atoms in total. The summed E-state index contributed by atoms with van der Waals surface area (Å²) < 4.78 is 6.15. The molecule has 0 saturated heterocycles. The first-order valence-corrected chi connectivity index (χ1v) is 20.9. The SMILES string of the molecule is CCn1c2ccccc2c2cc(/C=C/c3ccc(-c4ccc(/C=C/c5ccc6c(c5)c5ccccc5n6CC)cc4)cc3)ccc21.C[B][CH2][BiH2].[V]. The number of para-hydroxylation sites is 2. The van der Waals surface area contributed by atoms with E-state index < -0.39 is 0 Å². The largest absolute Gasteiger partial charge is 0 e. The second-order valence-corrected chi connectivity index (χ2v) is 14.5. The van der Waals surface area contributed by atoms with Crippen LogP contribution in [0.3, 0.4) is 0 Å². The van der Waals surface area contributed by atoms with E-state index in [1.54, 1.807) is 0 Å². The number of nitrogens with zero attached hydrogens (tertiary/aromatic N) is 2. The van der Waals surface area contributed by atoms with Gasteiger partial charge in [0.2, 0.25) is 0 Å². The number of aryl methyl sites for hydroxylation is 2. The van der Waals surface area contributed by atoms with Gasteiger partial charge in [-0.05, 0) is 83.6 Å². The van der Waals surface area contributed by atoms with Gasteiger partial charge in [-0.2, -0.15) is 0 Å². The maximum absolute atomic E-state index is 2.40. The first kappa shape index (κ1) is 36.7. The van der Waals surface area contributed by atoms with Gasteiger partial charge in [-0.25, -0.2) is 0 Å². The van der Waals surface area contributed by atoms with Gasteiger partial charge in [0.25, 0.3) is 0 Å². The number of rotatable bonds is 8. The molecule has 0 fully saturated rings. The van der Waals surface area contributed by atoms with Crippen LogP contribution in [0.4, 0.5) is 0 Å². The number of benzene rings is 6. The van der Waals surface area contributed by atoms with Gasteiger partial charge >= 0.3 is 42.8 Å². The Hall–Kier alpha value is -4.07. The molecule has 0 spiro atoms. The van der Waals surface area contributed by atoms with Crippen LogP contribution in [0.5, 0.6) is 0 Å². The minimum Gasteiger partial charge on any atom is 0 e. The van der Waals surface area contributed by atoms with E-state index in [9.17, 15) is 0 Å². The third-order valence-corrected chi connectivity index (χ3v) is 11.4. The molecule has 51 heavy (non-hydrogen) atoms. The Kier molecular flexibility index (Phi) is 12.2. The zero-order valence-electron chi connectivity index (χ0n) is 29.6. The van der Waals surface area contributed by atoms with Crippen molar-refractivity contribution in [1.82, 2.24) is 9.13 Å². The molecule has 0 N–H and O–H groups in total. The Morgan fingerprint density at radius 1 is 0.471 bits per heavy atom. The van der Waals surface area contributed by atoms with Gasteiger partial charge < -0.3 is 9.13 Å². The van der Waals surface area contributed by atoms with Gasteiger partial charge in [-0.15, -0.1) is 0 Å². The fourth-order valence-corrected chi connectivity index (χ4v) is 6.99. The van der Waals surface area contributed by atoms with Gasteiger partial charge in [-0.1, -0.05) is 121 Å². The Labute approximate surface area is 329 Å². The summed E-state index contributed by atoms with van der Waals surface area (Å²) in [4.78, 5) is 0. The molecule has 0 bridgehead atoms. The molecule has 8 aromatic rings. The molecule has 0 aliphatic heterocycles. The second kappa shape index (κ2) is 17.0. The van der Waals surface area contributed by atoms with Crippen LogP contribution in [-0.4, -0.2) is 41.1 Å². The normalized spacial score (nSPS) is 11.5. The van der Waals surface area contributed by atoms with Crippen molar-refractivity contribution in [2.75, 3.05) is 0 Å². The standard InChI is InChI=1S/C44H36N2.C2H5B.Bi.V.2H/c1-3-45-41-11-7-5-9-37(41)39-29-33(21-27-43(39)45)15-13-31-17-23-35(24-18-31)36-25-19-32(20-26-36)14-16-34-22-28-44-40(30-34)38-10-6-8-12-42(38)46(44)4-2;1-3-2;;;;/h5-30H,3-4H2,1-2H3;1H2,2H3;;;;/b15-13+,16-14+;;;;;. The van der Waals surface area contributed by atoms with Crippen molar-refractivity contribution in [2.45, 2.75) is 37.8 Å². The zero-order valence-corrected chi connectivity index (χ0v) is 35.5. The molecule has 2 aromatic heterocycles. The molecule has 2 heterocycles. The van der Waals surface area contributed by atoms with Crippen molar-refractivity contribution >= 4 is 99.9 Å². The maximum Gasteiger partial charge on any atom is 0 e. The first-order chi connectivity index (χ1) is 24.6. The minimum absolute atomic E-state index is 0. The van der Waals surface area contributed by atoms with E-state index in [1.807, 2.05) is 0 Å². The monoisotopic (exact) mass is 894 g/mol. The van der Waals surface area contributed by atoms with E-state index >= 15 is 0 Å². The number of fused-ring (bicyclic) bond motifs is 6. The molecule has 0 saturated carbocycles. The van der Waals surface area contributed by atoms with Crippen molar-refractivity contribution in [3.05, 3.63) is 156 Å². The molecule has 0 aliphatic rings. The minimum atomic E-state index is 0. The summed E-state index contributed by atoms with van der Waals surface area (Å²) in [7, 11) is 2.20. The molecule has 2 radical (unpaired) electrons. The summed E-state index contributed by atoms with van der Waals surface area (Å²) in [5, 5.41) is 5.26. The molecule has 0 aliphatic carbocycles. The summed E-state index contributed by atoms with van der Waals surface area (Å²) in [6.45, 7) is 8.46. The molecule has 8 rings (SSSR count). The van der Waals surface area contributed by atoms with Crippen LogP contribution >= 0.6 is 0 Å². The molecule has 0 amide bonds. The summed E-state index contributed by atoms with van der Waals surface area (Å²) in [5.74, 6) is 0. The van der Waals surface area contributed by atoms with Gasteiger partial charge in [-0.3, -0.25) is 0 Å². The molecule has 250 valence electrons. The van der Waals surface area contributed by atoms with Crippen LogP contribution in [0.25, 0.3) is 79.0 Å². The fourth-order valence-electron chi connectivity index (χ4n) is 6.99. The summed E-state index contributed by atoms with van der Waals surface area (Å²) in [6.07, 6.45) is 8.84. The average Bonchev–Trinajstić information content (AvgIpc) is 3.68. The number of hydrogen-bond acceptors (Lipinski definition) is 0. The predicted molar refractivity (Wildman–Crippen MR) is 225 cm³/mol. The van der Waals surface area contributed by atoms with E-state index in [0.717, 1.165) is 13.1 Å². The van der Waals surface area contributed by atoms with Crippen LogP contribution < -0.4 is 0 Å². The molecule has 6 aromatic carbocycles. The quantitative estimate of drug-likeness (QED) is 0.106. The van der Waals surface area contributed by atoms with E-state index in [0.29, 0.717) is 0 Å². The van der Waals surface area contributed by atoms with Gasteiger partial charge in [0.05, 0.1) is 0 Å². The second-order valence-electron chi connectivity index (χ2n) is 12.6. The van der Waals surface area contributed by atoms with Gasteiger partial charge in [0.15, 0.2) is 0 Å². The molecule has 0 atom stereocenters. The van der Waals surface area contributed by atoms with Crippen LogP contribution in [0.1, 0.15) is 36.1 Å². The smallest absolute Gasteiger partial charge is 0 e. The van der Waals surface area contributed by atoms with Crippen LogP contribution in [0.15, 0.2) is 133 Å². The Balaban J connectivity index is 0.000000853. The van der Waals surface area contributed by atoms with Crippen LogP contribution in [-0.2, 0) is 31.6 Å². The van der Waals surface area contributed by atoms with E-state index in [4.69, 9.17) is 0 Å². The van der Waals surface area contributed by atoms with E-state index in [-0.39, 0.29) is 18.6 Å². The summed E-state index contributed by atoms with van der Waals surface area (Å²) in [5.41, 5.74) is 12.5. The molecule has 0 unspecified atom stereocenters. The summed E-state index contributed by atoms with van der Waals surface area (Å²) in [6, 6.07) is 48.6. The third-order valence-electron chi connectivity index (χ3n) is 9.55. The van der Waals surface area contributed by atoms with Crippen molar-refractivity contribution in [2.24, 2.45) is 0 Å². The Morgan fingerprint density at radius 2 is 0.804 bits per heavy atom. The molecule has 5 heteroatoms. The van der Waals surface area contributed by atoms with Gasteiger partial charge in [0.1, 0.15) is 0 Å². The average molecular weight is 895 g/mol. The van der Waals surface area contributed by atoms with Crippen molar-refractivity contribution in [1.29, 1.82) is 0 Å². The zero-order chi connectivity index (χ0) is 34.5. The van der Waals surface area contributed by atoms with E-state index in [1.165, 1.54) is 106 Å². The topological polar surface area (TPSA) is 9.86 Å². The van der Waals surface area contributed by atoms with Crippen molar-refractivity contribution in [3.8, 4) is 11.1 Å². The van der Waals surface area contributed by atoms with Crippen molar-refractivity contribution in [3.63, 3.8) is 0 Å². The maximum atomic E-state index is 2.40. The number of hydrogen-bond donors (Lipinski definition) is 0. The summed E-state index contributed by atoms with van der Waals surface area (Å²) >= 11 is 1.18.